The molecular formula is C14H18N2O4. The van der Waals surface area contributed by atoms with Crippen LogP contribution in [0, 0.1) is 10.1 Å². The van der Waals surface area contributed by atoms with Gasteiger partial charge in [0.2, 0.25) is 0 Å². The number of rotatable bonds is 4. The number of carbonyl (C=O) groups is 1. The van der Waals surface area contributed by atoms with Crippen LogP contribution in [-0.4, -0.2) is 28.1 Å². The van der Waals surface area contributed by atoms with E-state index in [0.29, 0.717) is 12.8 Å². The van der Waals surface area contributed by atoms with Gasteiger partial charge in [-0.25, -0.2) is 0 Å². The molecule has 2 rings (SSSR count). The molecule has 1 aromatic carbocycles. The smallest absolute Gasteiger partial charge is 0.282 e. The van der Waals surface area contributed by atoms with Gasteiger partial charge in [-0.15, -0.1) is 0 Å². The van der Waals surface area contributed by atoms with Gasteiger partial charge in [-0.05, 0) is 18.9 Å². The van der Waals surface area contributed by atoms with E-state index in [-0.39, 0.29) is 17.9 Å². The maximum Gasteiger partial charge on any atom is 0.282 e. The molecule has 1 aliphatic carbocycles. The number of benzene rings is 1. The number of carbonyl (C=O) groups excluding carboxylic acids is 1. The van der Waals surface area contributed by atoms with E-state index in [4.69, 9.17) is 0 Å². The molecule has 0 saturated heterocycles. The van der Waals surface area contributed by atoms with Crippen LogP contribution in [0.15, 0.2) is 24.3 Å². The Bertz CT molecular complexity index is 510. The number of nitro groups is 1. The topological polar surface area (TPSA) is 92.5 Å². The molecule has 1 fully saturated rings. The molecule has 0 unspecified atom stereocenters. The van der Waals surface area contributed by atoms with Crippen LogP contribution in [0.2, 0.25) is 0 Å². The summed E-state index contributed by atoms with van der Waals surface area (Å²) in [7, 11) is 0. The first-order valence-electron chi connectivity index (χ1n) is 6.75. The van der Waals surface area contributed by atoms with Crippen LogP contribution in [-0.2, 0) is 0 Å². The Morgan fingerprint density at radius 2 is 1.95 bits per heavy atom. The second-order valence-corrected chi connectivity index (χ2v) is 5.23. The summed E-state index contributed by atoms with van der Waals surface area (Å²) in [6.45, 7) is -0.140. The fourth-order valence-corrected chi connectivity index (χ4v) is 2.68. The summed E-state index contributed by atoms with van der Waals surface area (Å²) >= 11 is 0. The Kier molecular flexibility index (Phi) is 4.34. The number of amides is 1. The summed E-state index contributed by atoms with van der Waals surface area (Å²) < 4.78 is 0. The van der Waals surface area contributed by atoms with Crippen molar-refractivity contribution in [2.75, 3.05) is 6.61 Å². The van der Waals surface area contributed by atoms with Crippen LogP contribution >= 0.6 is 0 Å². The Hall–Kier alpha value is -1.95. The normalized spacial score (nSPS) is 17.4. The molecule has 1 saturated carbocycles. The van der Waals surface area contributed by atoms with Gasteiger partial charge in [0.1, 0.15) is 5.56 Å². The molecule has 6 nitrogen and oxygen atoms in total. The minimum absolute atomic E-state index is 0.0379. The number of nitrogens with zero attached hydrogens (tertiary/aromatic N) is 1. The van der Waals surface area contributed by atoms with Crippen LogP contribution in [0.5, 0.6) is 0 Å². The molecule has 1 aromatic rings. The van der Waals surface area contributed by atoms with Crippen molar-refractivity contribution < 1.29 is 14.8 Å². The first-order valence-corrected chi connectivity index (χ1v) is 6.75. The largest absolute Gasteiger partial charge is 0.394 e. The van der Waals surface area contributed by atoms with E-state index < -0.39 is 16.4 Å². The van der Waals surface area contributed by atoms with Gasteiger partial charge in [0, 0.05) is 6.07 Å². The fraction of sp³-hybridized carbons (Fsp3) is 0.500. The van der Waals surface area contributed by atoms with Crippen molar-refractivity contribution in [3.63, 3.8) is 0 Å². The minimum Gasteiger partial charge on any atom is -0.394 e. The predicted octanol–water partition coefficient (Wildman–Crippen LogP) is 2.02. The summed E-state index contributed by atoms with van der Waals surface area (Å²) in [6.07, 6.45) is 4.38. The lowest BCUT2D eigenvalue weighted by molar-refractivity contribution is -0.385. The van der Waals surface area contributed by atoms with Crippen molar-refractivity contribution in [2.45, 2.75) is 37.6 Å². The summed E-state index contributed by atoms with van der Waals surface area (Å²) in [5.74, 6) is -0.492. The molecule has 6 heteroatoms. The molecule has 20 heavy (non-hydrogen) atoms. The summed E-state index contributed by atoms with van der Waals surface area (Å²) in [6, 6.07) is 5.86. The number of hydrogen-bond acceptors (Lipinski definition) is 4. The number of nitro benzene ring substituents is 1. The van der Waals surface area contributed by atoms with Gasteiger partial charge >= 0.3 is 0 Å². The highest BCUT2D eigenvalue weighted by Crippen LogP contribution is 2.29. The van der Waals surface area contributed by atoms with E-state index in [2.05, 4.69) is 5.32 Å². The third-order valence-electron chi connectivity index (χ3n) is 3.84. The van der Waals surface area contributed by atoms with Crippen molar-refractivity contribution in [1.29, 1.82) is 0 Å². The molecule has 0 bridgehead atoms. The number of aliphatic hydroxyl groups excluding tert-OH is 1. The van der Waals surface area contributed by atoms with Gasteiger partial charge in [0.15, 0.2) is 0 Å². The van der Waals surface area contributed by atoms with Crippen molar-refractivity contribution in [3.05, 3.63) is 39.9 Å². The van der Waals surface area contributed by atoms with E-state index in [1.165, 1.54) is 18.2 Å². The van der Waals surface area contributed by atoms with E-state index in [1.807, 2.05) is 0 Å². The molecule has 108 valence electrons. The third-order valence-corrected chi connectivity index (χ3v) is 3.84. The van der Waals surface area contributed by atoms with Gasteiger partial charge in [0.05, 0.1) is 17.1 Å². The number of para-hydroxylation sites is 1. The van der Waals surface area contributed by atoms with Gasteiger partial charge in [0.25, 0.3) is 11.6 Å². The highest BCUT2D eigenvalue weighted by atomic mass is 16.6. The third kappa shape index (κ3) is 2.96. The first-order chi connectivity index (χ1) is 9.58. The van der Waals surface area contributed by atoms with Crippen LogP contribution in [0.1, 0.15) is 42.5 Å². The highest BCUT2D eigenvalue weighted by Gasteiger charge is 2.34. The van der Waals surface area contributed by atoms with E-state index in [9.17, 15) is 20.0 Å². The summed E-state index contributed by atoms with van der Waals surface area (Å²) in [5, 5.41) is 23.3. The van der Waals surface area contributed by atoms with Crippen molar-refractivity contribution in [2.24, 2.45) is 0 Å². The van der Waals surface area contributed by atoms with Crippen LogP contribution < -0.4 is 5.32 Å². The Morgan fingerprint density at radius 1 is 1.30 bits per heavy atom. The van der Waals surface area contributed by atoms with Gasteiger partial charge in [-0.2, -0.15) is 0 Å². The summed E-state index contributed by atoms with van der Waals surface area (Å²) in [4.78, 5) is 22.7. The average Bonchev–Trinajstić information content (AvgIpc) is 2.48. The lowest BCUT2D eigenvalue weighted by Gasteiger charge is -2.36. The van der Waals surface area contributed by atoms with Crippen LogP contribution in [0.4, 0.5) is 5.69 Å². The van der Waals surface area contributed by atoms with Gasteiger partial charge in [-0.3, -0.25) is 14.9 Å². The second kappa shape index (κ2) is 6.00. The van der Waals surface area contributed by atoms with E-state index >= 15 is 0 Å². The van der Waals surface area contributed by atoms with Gasteiger partial charge in [-0.1, -0.05) is 31.4 Å². The minimum atomic E-state index is -0.640. The molecule has 1 amide bonds. The zero-order valence-corrected chi connectivity index (χ0v) is 11.2. The Morgan fingerprint density at radius 3 is 2.55 bits per heavy atom. The van der Waals surface area contributed by atoms with E-state index in [1.54, 1.807) is 6.07 Å². The molecular weight excluding hydrogens is 260 g/mol. The predicted molar refractivity (Wildman–Crippen MR) is 73.5 cm³/mol. The molecule has 0 atom stereocenters. The SMILES string of the molecule is O=C(NC1(CO)CCCCC1)c1ccccc1[N+](=O)[O-]. The quantitative estimate of drug-likeness (QED) is 0.651. The van der Waals surface area contributed by atoms with Crippen molar-refractivity contribution in [1.82, 2.24) is 5.32 Å². The molecule has 1 aliphatic rings. The first kappa shape index (κ1) is 14.5. The lowest BCUT2D eigenvalue weighted by Crippen LogP contribution is -2.52. The number of aliphatic hydroxyl groups is 1. The molecule has 0 heterocycles. The zero-order valence-electron chi connectivity index (χ0n) is 11.2. The van der Waals surface area contributed by atoms with Crippen molar-refractivity contribution in [3.8, 4) is 0 Å². The van der Waals surface area contributed by atoms with Gasteiger partial charge < -0.3 is 10.4 Å². The average molecular weight is 278 g/mol. The van der Waals surface area contributed by atoms with E-state index in [0.717, 1.165) is 19.3 Å². The number of nitrogens with one attached hydrogen (secondary N) is 1. The standard InChI is InChI=1S/C14H18N2O4/c17-10-14(8-4-1-5-9-14)15-13(18)11-6-2-3-7-12(11)16(19)20/h2-3,6-7,17H,1,4-5,8-10H2,(H,15,18). The highest BCUT2D eigenvalue weighted by molar-refractivity contribution is 5.98. The van der Waals surface area contributed by atoms with Crippen LogP contribution in [0.25, 0.3) is 0 Å². The molecule has 0 aliphatic heterocycles. The summed E-state index contributed by atoms with van der Waals surface area (Å²) in [5.41, 5.74) is -0.816. The maximum atomic E-state index is 12.3. The molecule has 0 aromatic heterocycles. The second-order valence-electron chi connectivity index (χ2n) is 5.23. The molecule has 0 spiro atoms. The number of hydrogen-bond donors (Lipinski definition) is 2. The Balaban J connectivity index is 2.21. The maximum absolute atomic E-state index is 12.3. The van der Waals surface area contributed by atoms with Crippen LogP contribution in [0.3, 0.4) is 0 Å². The van der Waals surface area contributed by atoms with Crippen molar-refractivity contribution >= 4 is 11.6 Å². The Labute approximate surface area is 117 Å². The fourth-order valence-electron chi connectivity index (χ4n) is 2.68. The molecule has 2 N–H and O–H groups in total. The zero-order chi connectivity index (χ0) is 14.6. The lowest BCUT2D eigenvalue weighted by atomic mass is 9.82. The monoisotopic (exact) mass is 278 g/mol. The molecule has 0 radical (unpaired) electrons.